The van der Waals surface area contributed by atoms with Crippen molar-refractivity contribution < 1.29 is 4.79 Å². The summed E-state index contributed by atoms with van der Waals surface area (Å²) in [4.78, 5) is 31.6. The second-order valence-corrected chi connectivity index (χ2v) is 7.57. The minimum absolute atomic E-state index is 0.0892. The van der Waals surface area contributed by atoms with Gasteiger partial charge in [0.25, 0.3) is 0 Å². The molecular weight excluding hydrogens is 404 g/mol. The summed E-state index contributed by atoms with van der Waals surface area (Å²) in [6.07, 6.45) is 8.35. The maximum absolute atomic E-state index is 12.6. The molecule has 1 amide bonds. The monoisotopic (exact) mass is 428 g/mol. The van der Waals surface area contributed by atoms with Gasteiger partial charge < -0.3 is 10.2 Å². The Morgan fingerprint density at radius 2 is 1.84 bits per heavy atom. The highest BCUT2D eigenvalue weighted by atomic mass is 16.2. The summed E-state index contributed by atoms with van der Waals surface area (Å²) in [7, 11) is 3.90. The minimum atomic E-state index is -0.203. The first-order valence-electron chi connectivity index (χ1n) is 10.1. The van der Waals surface area contributed by atoms with Crippen LogP contribution in [0.5, 0.6) is 0 Å². The quantitative estimate of drug-likeness (QED) is 0.503. The smallest absolute Gasteiger partial charge is 0.247 e. The summed E-state index contributed by atoms with van der Waals surface area (Å²) >= 11 is 0. The summed E-state index contributed by atoms with van der Waals surface area (Å²) in [5.74, 6) is 1.13. The van der Waals surface area contributed by atoms with Gasteiger partial charge in [0.15, 0.2) is 0 Å². The van der Waals surface area contributed by atoms with Gasteiger partial charge in [-0.2, -0.15) is 5.10 Å². The number of hydrogen-bond donors (Lipinski definition) is 1. The third-order valence-corrected chi connectivity index (χ3v) is 5.06. The Hall–Kier alpha value is -4.14. The van der Waals surface area contributed by atoms with Gasteiger partial charge in [0.2, 0.25) is 5.91 Å². The fraction of sp³-hybridized carbons (Fsp3) is 0.217. The van der Waals surface area contributed by atoms with Crippen molar-refractivity contribution in [1.82, 2.24) is 29.7 Å². The average Bonchev–Trinajstić information content (AvgIpc) is 3.07. The molecule has 0 atom stereocenters. The van der Waals surface area contributed by atoms with Crippen molar-refractivity contribution in [3.63, 3.8) is 0 Å². The molecule has 0 aromatic carbocycles. The SMILES string of the molecule is Cc1nn(CC(=O)Nc2ccc(-c3cnccn3)cn2)c(C)c1-c1ccnc(N(C)C)c1. The molecule has 4 rings (SSSR count). The molecule has 0 fully saturated rings. The van der Waals surface area contributed by atoms with Crippen molar-refractivity contribution in [3.05, 3.63) is 66.6 Å². The number of pyridine rings is 2. The second kappa shape index (κ2) is 8.93. The summed E-state index contributed by atoms with van der Waals surface area (Å²) in [6.45, 7) is 4.00. The van der Waals surface area contributed by atoms with Gasteiger partial charge in [0, 0.05) is 55.7 Å². The molecule has 4 heterocycles. The summed E-state index contributed by atoms with van der Waals surface area (Å²) in [5.41, 5.74) is 5.36. The molecule has 1 N–H and O–H groups in total. The van der Waals surface area contributed by atoms with Crippen LogP contribution in [0, 0.1) is 13.8 Å². The molecule has 9 nitrogen and oxygen atoms in total. The number of carbonyl (C=O) groups is 1. The number of hydrogen-bond acceptors (Lipinski definition) is 7. The zero-order chi connectivity index (χ0) is 22.7. The third kappa shape index (κ3) is 4.46. The van der Waals surface area contributed by atoms with E-state index in [-0.39, 0.29) is 12.5 Å². The Balaban J connectivity index is 1.48. The van der Waals surface area contributed by atoms with E-state index < -0.39 is 0 Å². The van der Waals surface area contributed by atoms with Crippen molar-refractivity contribution in [1.29, 1.82) is 0 Å². The maximum atomic E-state index is 12.6. The number of aryl methyl sites for hydroxylation is 1. The first kappa shape index (κ1) is 21.1. The standard InChI is InChI=1S/C23H24N8O/c1-15-23(17-7-8-26-21(11-17)30(3)4)16(2)31(29-15)14-22(32)28-20-6-5-18(12-27-20)19-13-24-9-10-25-19/h5-13H,14H2,1-4H3,(H,27,28,32). The van der Waals surface area contributed by atoms with E-state index in [1.165, 1.54) is 0 Å². The van der Waals surface area contributed by atoms with E-state index >= 15 is 0 Å². The van der Waals surface area contributed by atoms with Crippen LogP contribution in [0.3, 0.4) is 0 Å². The van der Waals surface area contributed by atoms with Crippen LogP contribution in [-0.4, -0.2) is 49.7 Å². The number of carbonyl (C=O) groups excluding carboxylic acids is 1. The Morgan fingerprint density at radius 1 is 1.00 bits per heavy atom. The lowest BCUT2D eigenvalue weighted by Gasteiger charge is -2.12. The molecule has 4 aromatic heterocycles. The zero-order valence-corrected chi connectivity index (χ0v) is 18.4. The molecule has 9 heteroatoms. The van der Waals surface area contributed by atoms with Crippen LogP contribution < -0.4 is 10.2 Å². The third-order valence-electron chi connectivity index (χ3n) is 5.06. The Labute approximate surface area is 186 Å². The van der Waals surface area contributed by atoms with Crippen LogP contribution in [0.25, 0.3) is 22.4 Å². The number of nitrogens with zero attached hydrogens (tertiary/aromatic N) is 7. The van der Waals surface area contributed by atoms with Crippen molar-refractivity contribution in [2.75, 3.05) is 24.3 Å². The maximum Gasteiger partial charge on any atom is 0.247 e. The normalized spacial score (nSPS) is 10.8. The number of aromatic nitrogens is 6. The lowest BCUT2D eigenvalue weighted by atomic mass is 10.1. The summed E-state index contributed by atoms with van der Waals surface area (Å²) in [5, 5.41) is 7.41. The van der Waals surface area contributed by atoms with E-state index in [2.05, 4.69) is 30.4 Å². The fourth-order valence-electron chi connectivity index (χ4n) is 3.47. The molecule has 4 aromatic rings. The molecule has 0 aliphatic rings. The molecule has 0 aliphatic heterocycles. The van der Waals surface area contributed by atoms with Crippen LogP contribution >= 0.6 is 0 Å². The van der Waals surface area contributed by atoms with Gasteiger partial charge in [0.1, 0.15) is 18.2 Å². The van der Waals surface area contributed by atoms with Crippen LogP contribution in [0.15, 0.2) is 55.2 Å². The molecule has 32 heavy (non-hydrogen) atoms. The van der Waals surface area contributed by atoms with Crippen molar-refractivity contribution in [3.8, 4) is 22.4 Å². The molecule has 0 bridgehead atoms. The Kier molecular flexibility index (Phi) is 5.89. The first-order valence-corrected chi connectivity index (χ1v) is 10.1. The number of rotatable bonds is 6. The zero-order valence-electron chi connectivity index (χ0n) is 18.4. The van der Waals surface area contributed by atoms with E-state index in [4.69, 9.17) is 0 Å². The van der Waals surface area contributed by atoms with Gasteiger partial charge in [-0.1, -0.05) is 0 Å². The largest absolute Gasteiger partial charge is 0.363 e. The van der Waals surface area contributed by atoms with E-state index in [1.807, 2.05) is 51.0 Å². The van der Waals surface area contributed by atoms with Gasteiger partial charge in [-0.15, -0.1) is 0 Å². The van der Waals surface area contributed by atoms with Gasteiger partial charge in [-0.25, -0.2) is 9.97 Å². The molecule has 0 saturated heterocycles. The van der Waals surface area contributed by atoms with E-state index in [0.29, 0.717) is 5.82 Å². The minimum Gasteiger partial charge on any atom is -0.363 e. The topological polar surface area (TPSA) is 102 Å². The summed E-state index contributed by atoms with van der Waals surface area (Å²) in [6, 6.07) is 7.56. The van der Waals surface area contributed by atoms with Crippen LogP contribution in [0.1, 0.15) is 11.4 Å². The molecule has 0 saturated carbocycles. The van der Waals surface area contributed by atoms with Crippen LogP contribution in [0.4, 0.5) is 11.6 Å². The van der Waals surface area contributed by atoms with Crippen molar-refractivity contribution in [2.24, 2.45) is 0 Å². The predicted octanol–water partition coefficient (Wildman–Crippen LogP) is 3.12. The Morgan fingerprint density at radius 3 is 2.53 bits per heavy atom. The van der Waals surface area contributed by atoms with E-state index in [0.717, 1.165) is 39.6 Å². The van der Waals surface area contributed by atoms with Gasteiger partial charge in [-0.3, -0.25) is 19.4 Å². The predicted molar refractivity (Wildman–Crippen MR) is 123 cm³/mol. The highest BCUT2D eigenvalue weighted by molar-refractivity contribution is 5.90. The van der Waals surface area contributed by atoms with Gasteiger partial charge in [0.05, 0.1) is 17.6 Å². The highest BCUT2D eigenvalue weighted by Crippen LogP contribution is 2.28. The lowest BCUT2D eigenvalue weighted by Crippen LogP contribution is -2.20. The van der Waals surface area contributed by atoms with E-state index in [9.17, 15) is 4.79 Å². The van der Waals surface area contributed by atoms with Crippen molar-refractivity contribution >= 4 is 17.5 Å². The number of nitrogens with one attached hydrogen (secondary N) is 1. The Bertz CT molecular complexity index is 1230. The molecule has 0 aliphatic carbocycles. The van der Waals surface area contributed by atoms with Crippen molar-refractivity contribution in [2.45, 2.75) is 20.4 Å². The molecule has 0 spiro atoms. The number of amides is 1. The van der Waals surface area contributed by atoms with Gasteiger partial charge in [-0.05, 0) is 43.7 Å². The van der Waals surface area contributed by atoms with Crippen LogP contribution in [0.2, 0.25) is 0 Å². The molecule has 0 radical (unpaired) electrons. The first-order chi connectivity index (χ1) is 15.4. The number of anilines is 2. The van der Waals surface area contributed by atoms with E-state index in [1.54, 1.807) is 41.7 Å². The lowest BCUT2D eigenvalue weighted by molar-refractivity contribution is -0.117. The molecular formula is C23H24N8O. The van der Waals surface area contributed by atoms with Gasteiger partial charge >= 0.3 is 0 Å². The highest BCUT2D eigenvalue weighted by Gasteiger charge is 2.16. The molecule has 162 valence electrons. The van der Waals surface area contributed by atoms with Crippen LogP contribution in [-0.2, 0) is 11.3 Å². The molecule has 0 unspecified atom stereocenters. The summed E-state index contributed by atoms with van der Waals surface area (Å²) < 4.78 is 1.71. The second-order valence-electron chi connectivity index (χ2n) is 7.57. The fourth-order valence-corrected chi connectivity index (χ4v) is 3.47. The average molecular weight is 429 g/mol.